The Bertz CT molecular complexity index is 1100. The summed E-state index contributed by atoms with van der Waals surface area (Å²) in [6.45, 7) is 1.73. The van der Waals surface area contributed by atoms with Crippen molar-refractivity contribution in [2.75, 3.05) is 53.9 Å². The number of benzene rings is 2. The molecule has 1 aliphatic heterocycles. The van der Waals surface area contributed by atoms with Crippen molar-refractivity contribution in [2.24, 2.45) is 20.0 Å². The molecule has 2 aromatic carbocycles. The lowest BCUT2D eigenvalue weighted by atomic mass is 10.2. The standard InChI is InChI=1S/C22H30N4O9P2/c1-29-36(27,25-23-20-6-4-3-5-7-20)34-14-12-31-13-15-35-37(28,30-2)26-24-21-10-8-19(9-11-21)16-32-17-22-18-33-22/h3-11,22H,12-18H2,1-2H3. The second kappa shape index (κ2) is 15.3. The molecule has 37 heavy (non-hydrogen) atoms. The Morgan fingerprint density at radius 2 is 1.32 bits per heavy atom. The van der Waals surface area contributed by atoms with Gasteiger partial charge in [0.2, 0.25) is 0 Å². The minimum Gasteiger partial charge on any atom is -0.377 e. The highest BCUT2D eigenvalue weighted by Gasteiger charge is 2.24. The normalized spacial score (nSPS) is 18.7. The highest BCUT2D eigenvalue weighted by Crippen LogP contribution is 2.50. The molecule has 1 fully saturated rings. The second-order valence-corrected chi connectivity index (χ2v) is 10.9. The van der Waals surface area contributed by atoms with Gasteiger partial charge in [0.25, 0.3) is 0 Å². The highest BCUT2D eigenvalue weighted by atomic mass is 31.2. The fraction of sp³-hybridized carbons (Fsp3) is 0.455. The van der Waals surface area contributed by atoms with Crippen molar-refractivity contribution in [1.82, 2.24) is 0 Å². The van der Waals surface area contributed by atoms with Crippen LogP contribution in [0.25, 0.3) is 0 Å². The maximum atomic E-state index is 12.6. The van der Waals surface area contributed by atoms with E-state index in [2.05, 4.69) is 20.0 Å². The predicted molar refractivity (Wildman–Crippen MR) is 133 cm³/mol. The number of epoxide rings is 1. The monoisotopic (exact) mass is 556 g/mol. The number of hydrogen-bond donors (Lipinski definition) is 0. The summed E-state index contributed by atoms with van der Waals surface area (Å²) >= 11 is 0. The average Bonchev–Trinajstić information content (AvgIpc) is 3.76. The largest absolute Gasteiger partial charge is 0.471 e. The summed E-state index contributed by atoms with van der Waals surface area (Å²) < 4.78 is 61.1. The zero-order valence-electron chi connectivity index (χ0n) is 20.6. The third-order valence-corrected chi connectivity index (χ3v) is 7.19. The Balaban J connectivity index is 1.33. The van der Waals surface area contributed by atoms with E-state index in [0.29, 0.717) is 24.6 Å². The third kappa shape index (κ3) is 11.4. The molecule has 13 nitrogen and oxygen atoms in total. The van der Waals surface area contributed by atoms with E-state index in [0.717, 1.165) is 12.2 Å². The van der Waals surface area contributed by atoms with Crippen molar-refractivity contribution < 1.29 is 41.4 Å². The van der Waals surface area contributed by atoms with Crippen molar-refractivity contribution in [3.05, 3.63) is 60.2 Å². The van der Waals surface area contributed by atoms with Crippen LogP contribution >= 0.6 is 15.5 Å². The number of nitrogens with zero attached hydrogens (tertiary/aromatic N) is 4. The van der Waals surface area contributed by atoms with E-state index in [1.807, 2.05) is 18.2 Å². The van der Waals surface area contributed by atoms with E-state index in [9.17, 15) is 9.13 Å². The fourth-order valence-electron chi connectivity index (χ4n) is 2.59. The topological polar surface area (TPSA) is 151 Å². The minimum absolute atomic E-state index is 0.0512. The predicted octanol–water partition coefficient (Wildman–Crippen LogP) is 6.03. The summed E-state index contributed by atoms with van der Waals surface area (Å²) in [5.74, 6) is 0. The van der Waals surface area contributed by atoms with Gasteiger partial charge in [-0.2, -0.15) is 0 Å². The third-order valence-electron chi connectivity index (χ3n) is 4.63. The van der Waals surface area contributed by atoms with E-state index >= 15 is 0 Å². The lowest BCUT2D eigenvalue weighted by Crippen LogP contribution is -2.08. The maximum absolute atomic E-state index is 12.6. The smallest absolute Gasteiger partial charge is 0.377 e. The molecule has 1 aliphatic rings. The van der Waals surface area contributed by atoms with Crippen molar-refractivity contribution in [3.63, 3.8) is 0 Å². The first-order chi connectivity index (χ1) is 17.9. The lowest BCUT2D eigenvalue weighted by Gasteiger charge is -2.12. The van der Waals surface area contributed by atoms with Crippen LogP contribution in [-0.4, -0.2) is 60.0 Å². The van der Waals surface area contributed by atoms with Crippen LogP contribution in [-0.2, 0) is 48.0 Å². The molecule has 202 valence electrons. The van der Waals surface area contributed by atoms with Gasteiger partial charge in [0, 0.05) is 14.2 Å². The minimum atomic E-state index is -3.81. The molecule has 15 heteroatoms. The lowest BCUT2D eigenvalue weighted by molar-refractivity contribution is 0.0678. The van der Waals surface area contributed by atoms with Crippen LogP contribution in [0, 0.1) is 0 Å². The highest BCUT2D eigenvalue weighted by molar-refractivity contribution is 7.52. The van der Waals surface area contributed by atoms with Crippen molar-refractivity contribution >= 4 is 26.9 Å². The second-order valence-electron chi connectivity index (χ2n) is 7.43. The average molecular weight is 556 g/mol. The summed E-state index contributed by atoms with van der Waals surface area (Å²) in [6.07, 6.45) is 0.215. The SMILES string of the molecule is COP(=O)(N=Nc1ccccc1)OCCOCCOP(=O)(N=Nc1ccc(COCC2CO2)cc1)OC. The van der Waals surface area contributed by atoms with Gasteiger partial charge in [0.15, 0.2) is 0 Å². The van der Waals surface area contributed by atoms with Crippen LogP contribution in [0.2, 0.25) is 0 Å². The van der Waals surface area contributed by atoms with E-state index in [4.69, 9.17) is 32.3 Å². The Morgan fingerprint density at radius 3 is 1.84 bits per heavy atom. The summed E-state index contributed by atoms with van der Waals surface area (Å²) in [7, 11) is -5.14. The Hall–Kier alpha value is -2.18. The molecule has 0 amide bonds. The van der Waals surface area contributed by atoms with Gasteiger partial charge in [0.05, 0.1) is 57.6 Å². The molecule has 3 rings (SSSR count). The summed E-state index contributed by atoms with van der Waals surface area (Å²) in [5, 5.41) is 7.79. The molecule has 0 radical (unpaired) electrons. The van der Waals surface area contributed by atoms with Gasteiger partial charge in [-0.25, -0.2) is 9.13 Å². The Morgan fingerprint density at radius 1 is 0.784 bits per heavy atom. The van der Waals surface area contributed by atoms with Crippen molar-refractivity contribution in [3.8, 4) is 0 Å². The van der Waals surface area contributed by atoms with E-state index in [1.165, 1.54) is 14.2 Å². The molecule has 0 spiro atoms. The summed E-state index contributed by atoms with van der Waals surface area (Å²) in [5.41, 5.74) is 1.96. The van der Waals surface area contributed by atoms with Crippen LogP contribution in [0.4, 0.5) is 11.4 Å². The number of ether oxygens (including phenoxy) is 3. The Kier molecular flexibility index (Phi) is 12.1. The van der Waals surface area contributed by atoms with Gasteiger partial charge in [-0.3, -0.25) is 18.1 Å². The van der Waals surface area contributed by atoms with Gasteiger partial charge in [-0.1, -0.05) is 40.1 Å². The summed E-state index contributed by atoms with van der Waals surface area (Å²) in [6, 6.07) is 15.9. The van der Waals surface area contributed by atoms with E-state index in [-0.39, 0.29) is 32.5 Å². The zero-order valence-corrected chi connectivity index (χ0v) is 22.4. The number of rotatable bonds is 18. The first kappa shape index (κ1) is 29.4. The van der Waals surface area contributed by atoms with Crippen molar-refractivity contribution in [2.45, 2.75) is 12.7 Å². The van der Waals surface area contributed by atoms with Crippen LogP contribution in [0.5, 0.6) is 0 Å². The molecular formula is C22H30N4O9P2. The molecule has 2 aromatic rings. The van der Waals surface area contributed by atoms with Crippen LogP contribution in [0.1, 0.15) is 5.56 Å². The molecule has 0 N–H and O–H groups in total. The van der Waals surface area contributed by atoms with Gasteiger partial charge in [-0.15, -0.1) is 10.2 Å². The quantitative estimate of drug-likeness (QED) is 0.0927. The fourth-order valence-corrected chi connectivity index (χ4v) is 4.09. The van der Waals surface area contributed by atoms with Gasteiger partial charge < -0.3 is 14.2 Å². The van der Waals surface area contributed by atoms with Crippen molar-refractivity contribution in [1.29, 1.82) is 0 Å². The van der Waals surface area contributed by atoms with Crippen LogP contribution in [0.15, 0.2) is 74.6 Å². The first-order valence-corrected chi connectivity index (χ1v) is 14.3. The molecular weight excluding hydrogens is 526 g/mol. The van der Waals surface area contributed by atoms with Gasteiger partial charge in [0.1, 0.15) is 6.10 Å². The first-order valence-electron chi connectivity index (χ1n) is 11.3. The van der Waals surface area contributed by atoms with Gasteiger partial charge in [-0.05, 0) is 29.8 Å². The molecule has 0 saturated carbocycles. The molecule has 3 unspecified atom stereocenters. The van der Waals surface area contributed by atoms with Gasteiger partial charge >= 0.3 is 15.5 Å². The molecule has 0 bridgehead atoms. The van der Waals surface area contributed by atoms with Crippen LogP contribution in [0.3, 0.4) is 0 Å². The Labute approximate surface area is 215 Å². The molecule has 0 aliphatic carbocycles. The molecule has 3 atom stereocenters. The number of hydrogen-bond acceptors (Lipinski definition) is 11. The molecule has 0 aromatic heterocycles. The van der Waals surface area contributed by atoms with Crippen LogP contribution < -0.4 is 0 Å². The van der Waals surface area contributed by atoms with E-state index in [1.54, 1.807) is 36.4 Å². The molecule has 1 saturated heterocycles. The van der Waals surface area contributed by atoms with E-state index < -0.39 is 15.5 Å². The molecule has 1 heterocycles. The summed E-state index contributed by atoms with van der Waals surface area (Å²) in [4.78, 5) is 7.38. The maximum Gasteiger partial charge on any atom is 0.471 e. The zero-order chi connectivity index (χ0) is 26.4.